The minimum atomic E-state index is -0.133. The molecular formula is C14H28N2O. The Morgan fingerprint density at radius 2 is 2.06 bits per heavy atom. The van der Waals surface area contributed by atoms with Crippen molar-refractivity contribution in [1.82, 2.24) is 10.2 Å². The third kappa shape index (κ3) is 3.01. The predicted molar refractivity (Wildman–Crippen MR) is 71.1 cm³/mol. The highest BCUT2D eigenvalue weighted by Crippen LogP contribution is 2.32. The fourth-order valence-corrected chi connectivity index (χ4v) is 3.44. The van der Waals surface area contributed by atoms with Crippen LogP contribution in [-0.4, -0.2) is 41.4 Å². The average Bonchev–Trinajstić information content (AvgIpc) is 2.71. The fraction of sp³-hybridized carbons (Fsp3) is 1.00. The van der Waals surface area contributed by atoms with Crippen molar-refractivity contribution >= 4 is 0 Å². The highest BCUT2D eigenvalue weighted by atomic mass is 16.5. The summed E-state index contributed by atoms with van der Waals surface area (Å²) in [7, 11) is 0. The first-order valence-electron chi connectivity index (χ1n) is 7.00. The molecular weight excluding hydrogens is 212 g/mol. The van der Waals surface area contributed by atoms with E-state index < -0.39 is 0 Å². The maximum Gasteiger partial charge on any atom is 0.118 e. The van der Waals surface area contributed by atoms with E-state index in [0.29, 0.717) is 12.1 Å². The van der Waals surface area contributed by atoms with Gasteiger partial charge in [-0.15, -0.1) is 0 Å². The Morgan fingerprint density at radius 3 is 2.59 bits per heavy atom. The smallest absolute Gasteiger partial charge is 0.118 e. The van der Waals surface area contributed by atoms with E-state index in [0.717, 1.165) is 13.0 Å². The monoisotopic (exact) mass is 240 g/mol. The van der Waals surface area contributed by atoms with Gasteiger partial charge in [0.1, 0.15) is 5.72 Å². The molecule has 0 aliphatic carbocycles. The molecule has 2 heterocycles. The lowest BCUT2D eigenvalue weighted by molar-refractivity contribution is -0.0206. The third-order valence-corrected chi connectivity index (χ3v) is 4.07. The van der Waals surface area contributed by atoms with Crippen molar-refractivity contribution in [3.63, 3.8) is 0 Å². The van der Waals surface area contributed by atoms with Crippen LogP contribution in [0.25, 0.3) is 0 Å². The van der Waals surface area contributed by atoms with Crippen molar-refractivity contribution in [2.45, 2.75) is 77.2 Å². The lowest BCUT2D eigenvalue weighted by Gasteiger charge is -2.35. The number of rotatable bonds is 3. The molecule has 2 aliphatic rings. The minimum absolute atomic E-state index is 0.121. The van der Waals surface area contributed by atoms with E-state index in [2.05, 4.69) is 44.8 Å². The topological polar surface area (TPSA) is 24.5 Å². The fourth-order valence-electron chi connectivity index (χ4n) is 3.44. The second-order valence-electron chi connectivity index (χ2n) is 6.86. The van der Waals surface area contributed by atoms with E-state index in [1.54, 1.807) is 0 Å². The van der Waals surface area contributed by atoms with Gasteiger partial charge < -0.3 is 4.74 Å². The second kappa shape index (κ2) is 4.52. The second-order valence-corrected chi connectivity index (χ2v) is 6.86. The SMILES string of the molecule is CC(C)N1CCCC1CC1(C)NC(C)(C)CO1. The summed E-state index contributed by atoms with van der Waals surface area (Å²) in [6.45, 7) is 13.3. The van der Waals surface area contributed by atoms with Crippen LogP contribution in [-0.2, 0) is 4.74 Å². The standard InChI is InChI=1S/C14H28N2O/c1-11(2)16-8-6-7-12(16)9-14(5)15-13(3,4)10-17-14/h11-12,15H,6-10H2,1-5H3. The van der Waals surface area contributed by atoms with Gasteiger partial charge in [0.2, 0.25) is 0 Å². The molecule has 3 nitrogen and oxygen atoms in total. The molecule has 2 fully saturated rings. The van der Waals surface area contributed by atoms with Crippen LogP contribution in [0.15, 0.2) is 0 Å². The zero-order valence-corrected chi connectivity index (χ0v) is 12.0. The van der Waals surface area contributed by atoms with E-state index in [4.69, 9.17) is 4.74 Å². The molecule has 3 heteroatoms. The van der Waals surface area contributed by atoms with Crippen molar-refractivity contribution in [2.75, 3.05) is 13.2 Å². The van der Waals surface area contributed by atoms with Gasteiger partial charge in [-0.3, -0.25) is 10.2 Å². The average molecular weight is 240 g/mol. The van der Waals surface area contributed by atoms with Gasteiger partial charge in [-0.05, 0) is 54.0 Å². The maximum atomic E-state index is 6.01. The van der Waals surface area contributed by atoms with Crippen molar-refractivity contribution in [3.05, 3.63) is 0 Å². The van der Waals surface area contributed by atoms with Crippen molar-refractivity contribution in [3.8, 4) is 0 Å². The van der Waals surface area contributed by atoms with E-state index in [9.17, 15) is 0 Å². The lowest BCUT2D eigenvalue weighted by Crippen LogP contribution is -2.50. The minimum Gasteiger partial charge on any atom is -0.359 e. The van der Waals surface area contributed by atoms with E-state index in [-0.39, 0.29) is 11.3 Å². The molecule has 17 heavy (non-hydrogen) atoms. The summed E-state index contributed by atoms with van der Waals surface area (Å²) in [6, 6.07) is 1.34. The van der Waals surface area contributed by atoms with E-state index in [1.807, 2.05) is 0 Å². The van der Waals surface area contributed by atoms with Crippen molar-refractivity contribution < 1.29 is 4.74 Å². The summed E-state index contributed by atoms with van der Waals surface area (Å²) in [5, 5.41) is 3.64. The van der Waals surface area contributed by atoms with Crippen LogP contribution in [0.1, 0.15) is 53.9 Å². The Balaban J connectivity index is 1.97. The van der Waals surface area contributed by atoms with Gasteiger partial charge in [0.15, 0.2) is 0 Å². The Hall–Kier alpha value is -0.120. The van der Waals surface area contributed by atoms with Crippen LogP contribution in [0.2, 0.25) is 0 Å². The molecule has 0 aromatic rings. The Bertz CT molecular complexity index is 277. The summed E-state index contributed by atoms with van der Waals surface area (Å²) in [5.74, 6) is 0. The molecule has 2 saturated heterocycles. The molecule has 0 radical (unpaired) electrons. The highest BCUT2D eigenvalue weighted by molar-refractivity contribution is 4.96. The Kier molecular flexibility index (Phi) is 3.54. The summed E-state index contributed by atoms with van der Waals surface area (Å²) in [6.07, 6.45) is 3.76. The molecule has 1 N–H and O–H groups in total. The normalized spacial score (nSPS) is 38.1. The highest BCUT2D eigenvalue weighted by Gasteiger charge is 2.43. The van der Waals surface area contributed by atoms with Crippen LogP contribution in [0.3, 0.4) is 0 Å². The van der Waals surface area contributed by atoms with Gasteiger partial charge in [-0.1, -0.05) is 0 Å². The quantitative estimate of drug-likeness (QED) is 0.819. The maximum absolute atomic E-state index is 6.01. The van der Waals surface area contributed by atoms with Crippen LogP contribution >= 0.6 is 0 Å². The van der Waals surface area contributed by atoms with Gasteiger partial charge in [0.05, 0.1) is 6.61 Å². The molecule has 2 atom stereocenters. The van der Waals surface area contributed by atoms with Crippen LogP contribution in [0.5, 0.6) is 0 Å². The largest absolute Gasteiger partial charge is 0.359 e. The van der Waals surface area contributed by atoms with Gasteiger partial charge in [0.25, 0.3) is 0 Å². The molecule has 0 amide bonds. The van der Waals surface area contributed by atoms with E-state index >= 15 is 0 Å². The summed E-state index contributed by atoms with van der Waals surface area (Å²) in [5.41, 5.74) is -0.0122. The number of nitrogens with zero attached hydrogens (tertiary/aromatic N) is 1. The molecule has 0 spiro atoms. The summed E-state index contributed by atoms with van der Waals surface area (Å²) in [4.78, 5) is 2.63. The zero-order valence-electron chi connectivity index (χ0n) is 12.0. The van der Waals surface area contributed by atoms with Crippen LogP contribution in [0, 0.1) is 0 Å². The first kappa shape index (κ1) is 13.3. The molecule has 0 saturated carbocycles. The molecule has 0 aromatic carbocycles. The zero-order chi connectivity index (χ0) is 12.7. The molecule has 2 unspecified atom stereocenters. The number of ether oxygens (including phenoxy) is 1. The summed E-state index contributed by atoms with van der Waals surface area (Å²) >= 11 is 0. The molecule has 2 rings (SSSR count). The third-order valence-electron chi connectivity index (χ3n) is 4.07. The molecule has 0 aromatic heterocycles. The van der Waals surface area contributed by atoms with Crippen molar-refractivity contribution in [2.24, 2.45) is 0 Å². The first-order valence-corrected chi connectivity index (χ1v) is 7.00. The van der Waals surface area contributed by atoms with Crippen LogP contribution < -0.4 is 5.32 Å². The Labute approximate surface area is 106 Å². The van der Waals surface area contributed by atoms with Gasteiger partial charge in [0, 0.05) is 24.0 Å². The number of hydrogen-bond acceptors (Lipinski definition) is 3. The molecule has 0 bridgehead atoms. The first-order chi connectivity index (χ1) is 7.81. The number of likely N-dealkylation sites (tertiary alicyclic amines) is 1. The van der Waals surface area contributed by atoms with E-state index in [1.165, 1.54) is 19.4 Å². The molecule has 2 aliphatic heterocycles. The summed E-state index contributed by atoms with van der Waals surface area (Å²) < 4.78 is 6.01. The Morgan fingerprint density at radius 1 is 1.35 bits per heavy atom. The van der Waals surface area contributed by atoms with Crippen molar-refractivity contribution in [1.29, 1.82) is 0 Å². The molecule has 100 valence electrons. The lowest BCUT2D eigenvalue weighted by atomic mass is 10.0. The van der Waals surface area contributed by atoms with Crippen LogP contribution in [0.4, 0.5) is 0 Å². The number of nitrogens with one attached hydrogen (secondary N) is 1. The number of hydrogen-bond donors (Lipinski definition) is 1. The predicted octanol–water partition coefficient (Wildman–Crippen LogP) is 2.36. The van der Waals surface area contributed by atoms with Gasteiger partial charge >= 0.3 is 0 Å². The van der Waals surface area contributed by atoms with Gasteiger partial charge in [-0.2, -0.15) is 0 Å². The van der Waals surface area contributed by atoms with Gasteiger partial charge in [-0.25, -0.2) is 0 Å².